The van der Waals surface area contributed by atoms with Crippen molar-refractivity contribution in [1.29, 1.82) is 5.26 Å². The van der Waals surface area contributed by atoms with Crippen LogP contribution in [0.25, 0.3) is 0 Å². The second-order valence-electron chi connectivity index (χ2n) is 4.07. The monoisotopic (exact) mass is 290 g/mol. The Morgan fingerprint density at radius 3 is 2.47 bits per heavy atom. The molecule has 2 nitrogen and oxygen atoms in total. The molecule has 1 N–H and O–H groups in total. The van der Waals surface area contributed by atoms with Gasteiger partial charge in [-0.15, -0.1) is 0 Å². The Kier molecular flexibility index (Phi) is 4.68. The highest BCUT2D eigenvalue weighted by atomic mass is 35.5. The average molecular weight is 291 g/mol. The fraction of sp³-hybridized carbons (Fsp3) is 0.133. The van der Waals surface area contributed by atoms with Crippen LogP contribution in [0.1, 0.15) is 18.0 Å². The summed E-state index contributed by atoms with van der Waals surface area (Å²) in [5.41, 5.74) is 1.78. The van der Waals surface area contributed by atoms with Crippen molar-refractivity contribution in [2.75, 3.05) is 5.32 Å². The average Bonchev–Trinajstić information content (AvgIpc) is 2.44. The van der Waals surface area contributed by atoms with E-state index in [0.29, 0.717) is 16.5 Å². The van der Waals surface area contributed by atoms with Crippen LogP contribution in [0.4, 0.5) is 5.69 Å². The fourth-order valence-corrected chi connectivity index (χ4v) is 2.19. The number of benzene rings is 2. The Labute approximate surface area is 122 Å². The minimum Gasteiger partial charge on any atom is -0.376 e. The van der Waals surface area contributed by atoms with Crippen molar-refractivity contribution in [3.8, 4) is 6.07 Å². The lowest BCUT2D eigenvalue weighted by molar-refractivity contribution is 0.806. The minimum atomic E-state index is -0.109. The zero-order valence-corrected chi connectivity index (χ0v) is 11.6. The number of halogens is 2. The normalized spacial score (nSPS) is 11.6. The zero-order chi connectivity index (χ0) is 13.7. The third kappa shape index (κ3) is 3.41. The number of hydrogen-bond acceptors (Lipinski definition) is 2. The summed E-state index contributed by atoms with van der Waals surface area (Å²) in [5.74, 6) is 0. The summed E-state index contributed by atoms with van der Waals surface area (Å²) in [4.78, 5) is 0. The Balaban J connectivity index is 2.27. The molecule has 0 amide bonds. The van der Waals surface area contributed by atoms with Gasteiger partial charge in [-0.05, 0) is 17.7 Å². The highest BCUT2D eigenvalue weighted by molar-refractivity contribution is 6.43. The van der Waals surface area contributed by atoms with E-state index < -0.39 is 0 Å². The molecule has 1 atom stereocenters. The molecule has 0 bridgehead atoms. The molecule has 96 valence electrons. The molecule has 4 heteroatoms. The van der Waals surface area contributed by atoms with E-state index in [0.717, 1.165) is 11.3 Å². The molecule has 0 heterocycles. The number of nitriles is 1. The van der Waals surface area contributed by atoms with E-state index in [1.807, 2.05) is 42.5 Å². The van der Waals surface area contributed by atoms with Crippen molar-refractivity contribution in [2.45, 2.75) is 12.5 Å². The summed E-state index contributed by atoms with van der Waals surface area (Å²) < 4.78 is 0. The van der Waals surface area contributed by atoms with Crippen LogP contribution in [-0.4, -0.2) is 0 Å². The van der Waals surface area contributed by atoms with Crippen molar-refractivity contribution in [1.82, 2.24) is 0 Å². The topological polar surface area (TPSA) is 35.8 Å². The number of nitrogens with zero attached hydrogens (tertiary/aromatic N) is 1. The van der Waals surface area contributed by atoms with E-state index in [1.165, 1.54) is 0 Å². The molecule has 0 aliphatic rings. The van der Waals surface area contributed by atoms with E-state index in [9.17, 15) is 0 Å². The van der Waals surface area contributed by atoms with E-state index in [-0.39, 0.29) is 6.04 Å². The lowest BCUT2D eigenvalue weighted by Crippen LogP contribution is -2.10. The van der Waals surface area contributed by atoms with Crippen molar-refractivity contribution in [3.63, 3.8) is 0 Å². The van der Waals surface area contributed by atoms with Crippen LogP contribution in [-0.2, 0) is 0 Å². The first-order valence-electron chi connectivity index (χ1n) is 5.85. The number of anilines is 1. The van der Waals surface area contributed by atoms with Crippen LogP contribution >= 0.6 is 23.2 Å². The third-order valence-corrected chi connectivity index (χ3v) is 3.60. The Bertz CT molecular complexity index is 591. The molecule has 19 heavy (non-hydrogen) atoms. The first-order chi connectivity index (χ1) is 9.22. The molecule has 0 aromatic heterocycles. The smallest absolute Gasteiger partial charge is 0.0823 e. The van der Waals surface area contributed by atoms with Gasteiger partial charge in [0.25, 0.3) is 0 Å². The molecular weight excluding hydrogens is 279 g/mol. The Hall–Kier alpha value is -1.69. The van der Waals surface area contributed by atoms with Gasteiger partial charge in [0.15, 0.2) is 0 Å². The Morgan fingerprint density at radius 2 is 1.79 bits per heavy atom. The first-order valence-corrected chi connectivity index (χ1v) is 6.60. The second kappa shape index (κ2) is 6.47. The van der Waals surface area contributed by atoms with Gasteiger partial charge < -0.3 is 5.32 Å². The maximum atomic E-state index is 8.95. The van der Waals surface area contributed by atoms with Gasteiger partial charge >= 0.3 is 0 Å². The highest BCUT2D eigenvalue weighted by Gasteiger charge is 2.13. The standard InChI is InChI=1S/C15H12Cl2N2/c16-12-7-4-8-14(15(12)17)19-13(9-10-18)11-5-2-1-3-6-11/h1-8,13,19H,9H2. The van der Waals surface area contributed by atoms with Crippen LogP contribution in [0, 0.1) is 11.3 Å². The molecule has 2 aromatic carbocycles. The summed E-state index contributed by atoms with van der Waals surface area (Å²) in [5, 5.41) is 13.2. The van der Waals surface area contributed by atoms with Gasteiger partial charge in [0.2, 0.25) is 0 Å². The third-order valence-electron chi connectivity index (χ3n) is 2.78. The van der Waals surface area contributed by atoms with Crippen molar-refractivity contribution in [2.24, 2.45) is 0 Å². The fourth-order valence-electron chi connectivity index (χ4n) is 1.83. The Morgan fingerprint density at radius 1 is 1.05 bits per heavy atom. The van der Waals surface area contributed by atoms with E-state index >= 15 is 0 Å². The maximum absolute atomic E-state index is 8.95. The molecule has 0 radical (unpaired) electrons. The van der Waals surface area contributed by atoms with E-state index in [4.69, 9.17) is 28.5 Å². The van der Waals surface area contributed by atoms with Crippen LogP contribution in [0.5, 0.6) is 0 Å². The molecule has 0 spiro atoms. The molecule has 1 unspecified atom stereocenters. The SMILES string of the molecule is N#CCC(Nc1cccc(Cl)c1Cl)c1ccccc1. The second-order valence-corrected chi connectivity index (χ2v) is 4.86. The van der Waals surface area contributed by atoms with E-state index in [1.54, 1.807) is 6.07 Å². The molecular formula is C15H12Cl2N2. The first kappa shape index (κ1) is 13.7. The van der Waals surface area contributed by atoms with Crippen molar-refractivity contribution < 1.29 is 0 Å². The van der Waals surface area contributed by atoms with Crippen LogP contribution in [0.3, 0.4) is 0 Å². The van der Waals surface area contributed by atoms with Crippen molar-refractivity contribution >= 4 is 28.9 Å². The summed E-state index contributed by atoms with van der Waals surface area (Å²) in [6.07, 6.45) is 0.354. The number of nitrogens with one attached hydrogen (secondary N) is 1. The summed E-state index contributed by atoms with van der Waals surface area (Å²) >= 11 is 12.1. The predicted molar refractivity (Wildman–Crippen MR) is 79.5 cm³/mol. The molecule has 0 saturated heterocycles. The van der Waals surface area contributed by atoms with Gasteiger partial charge in [-0.3, -0.25) is 0 Å². The van der Waals surface area contributed by atoms with Gasteiger partial charge in [0.05, 0.1) is 34.3 Å². The summed E-state index contributed by atoms with van der Waals surface area (Å²) in [7, 11) is 0. The van der Waals surface area contributed by atoms with Gasteiger partial charge in [0, 0.05) is 0 Å². The van der Waals surface area contributed by atoms with E-state index in [2.05, 4.69) is 11.4 Å². The largest absolute Gasteiger partial charge is 0.376 e. The molecule has 0 aliphatic carbocycles. The molecule has 0 fully saturated rings. The quantitative estimate of drug-likeness (QED) is 0.854. The molecule has 0 saturated carbocycles. The molecule has 2 aromatic rings. The van der Waals surface area contributed by atoms with Gasteiger partial charge in [0.1, 0.15) is 0 Å². The van der Waals surface area contributed by atoms with Crippen molar-refractivity contribution in [3.05, 3.63) is 64.1 Å². The summed E-state index contributed by atoms with van der Waals surface area (Å²) in [6, 6.07) is 17.3. The van der Waals surface area contributed by atoms with Gasteiger partial charge in [-0.1, -0.05) is 59.6 Å². The number of hydrogen-bond donors (Lipinski definition) is 1. The highest BCUT2D eigenvalue weighted by Crippen LogP contribution is 2.32. The van der Waals surface area contributed by atoms with Crippen LogP contribution < -0.4 is 5.32 Å². The minimum absolute atomic E-state index is 0.109. The van der Waals surface area contributed by atoms with Gasteiger partial charge in [-0.25, -0.2) is 0 Å². The number of rotatable bonds is 4. The summed E-state index contributed by atoms with van der Waals surface area (Å²) in [6.45, 7) is 0. The molecule has 0 aliphatic heterocycles. The maximum Gasteiger partial charge on any atom is 0.0823 e. The lowest BCUT2D eigenvalue weighted by Gasteiger charge is -2.19. The van der Waals surface area contributed by atoms with Gasteiger partial charge in [-0.2, -0.15) is 5.26 Å². The zero-order valence-electron chi connectivity index (χ0n) is 10.1. The molecule has 2 rings (SSSR count). The predicted octanol–water partition coefficient (Wildman–Crippen LogP) is 5.06. The van der Waals surface area contributed by atoms with Crippen LogP contribution in [0.2, 0.25) is 10.0 Å². The lowest BCUT2D eigenvalue weighted by atomic mass is 10.0. The van der Waals surface area contributed by atoms with Crippen LogP contribution in [0.15, 0.2) is 48.5 Å².